The number of esters is 1. The Balaban J connectivity index is 1.51. The summed E-state index contributed by atoms with van der Waals surface area (Å²) in [6, 6.07) is 19.7. The van der Waals surface area contributed by atoms with Crippen molar-refractivity contribution < 1.29 is 14.3 Å². The summed E-state index contributed by atoms with van der Waals surface area (Å²) < 4.78 is 5.05. The van der Waals surface area contributed by atoms with E-state index < -0.39 is 5.54 Å². The van der Waals surface area contributed by atoms with Crippen LogP contribution in [0.1, 0.15) is 35.7 Å². The summed E-state index contributed by atoms with van der Waals surface area (Å²) in [6.45, 7) is 3.86. The average molecular weight is 500 g/mol. The quantitative estimate of drug-likeness (QED) is 0.438. The third kappa shape index (κ3) is 6.63. The second-order valence-electron chi connectivity index (χ2n) is 9.92. The number of rotatable bonds is 9. The number of H-pyrrole nitrogens is 1. The van der Waals surface area contributed by atoms with Crippen LogP contribution in [0.4, 0.5) is 0 Å². The van der Waals surface area contributed by atoms with Crippen molar-refractivity contribution >= 4 is 11.9 Å². The minimum Gasteiger partial charge on any atom is -0.469 e. The molecule has 192 valence electrons. The molecule has 0 spiro atoms. The number of benzene rings is 2. The zero-order chi connectivity index (χ0) is 26.3. The normalized spacial score (nSPS) is 19.4. The van der Waals surface area contributed by atoms with Gasteiger partial charge in [0.05, 0.1) is 54.3 Å². The Morgan fingerprint density at radius 1 is 1.14 bits per heavy atom. The molecular formula is C29H33N5O3. The zero-order valence-electron chi connectivity index (χ0n) is 21.3. The number of hydrogen-bond acceptors (Lipinski definition) is 6. The Bertz CT molecular complexity index is 1220. The lowest BCUT2D eigenvalue weighted by atomic mass is 9.85. The van der Waals surface area contributed by atoms with Gasteiger partial charge in [0, 0.05) is 26.1 Å². The fourth-order valence-corrected chi connectivity index (χ4v) is 5.08. The van der Waals surface area contributed by atoms with Crippen LogP contribution in [0.5, 0.6) is 0 Å². The van der Waals surface area contributed by atoms with E-state index >= 15 is 0 Å². The first-order chi connectivity index (χ1) is 17.9. The van der Waals surface area contributed by atoms with E-state index in [0.717, 1.165) is 24.2 Å². The number of aromatic amines is 1. The highest BCUT2D eigenvalue weighted by atomic mass is 16.5. The topological polar surface area (TPSA) is 111 Å². The molecule has 2 heterocycles. The van der Waals surface area contributed by atoms with Gasteiger partial charge in [-0.3, -0.25) is 9.59 Å². The molecule has 3 aromatic rings. The molecule has 0 radical (unpaired) electrons. The van der Waals surface area contributed by atoms with Crippen molar-refractivity contribution in [2.45, 2.75) is 31.7 Å². The Labute approximate surface area is 217 Å². The molecule has 3 atom stereocenters. The summed E-state index contributed by atoms with van der Waals surface area (Å²) >= 11 is 0. The minimum absolute atomic E-state index is 0.107. The molecule has 1 amide bonds. The number of piperidine rings is 1. The smallest absolute Gasteiger partial charge is 0.309 e. The molecule has 0 saturated carbocycles. The summed E-state index contributed by atoms with van der Waals surface area (Å²) in [5.74, 6) is -1.11. The third-order valence-electron chi connectivity index (χ3n) is 7.12. The molecule has 1 aliphatic heterocycles. The molecule has 8 nitrogen and oxygen atoms in total. The van der Waals surface area contributed by atoms with Crippen LogP contribution >= 0.6 is 0 Å². The summed E-state index contributed by atoms with van der Waals surface area (Å²) in [7, 11) is 1.40. The highest BCUT2D eigenvalue weighted by Gasteiger charge is 2.39. The molecule has 1 aliphatic rings. The van der Waals surface area contributed by atoms with E-state index in [9.17, 15) is 9.59 Å². The molecule has 8 heteroatoms. The van der Waals surface area contributed by atoms with E-state index in [4.69, 9.17) is 10.00 Å². The average Bonchev–Trinajstić information content (AvgIpc) is 3.48. The van der Waals surface area contributed by atoms with Gasteiger partial charge in [0.15, 0.2) is 0 Å². The molecule has 1 unspecified atom stereocenters. The first-order valence-corrected chi connectivity index (χ1v) is 12.5. The Morgan fingerprint density at radius 2 is 1.86 bits per heavy atom. The van der Waals surface area contributed by atoms with Crippen molar-refractivity contribution in [2.24, 2.45) is 11.8 Å². The van der Waals surface area contributed by atoms with E-state index in [-0.39, 0.29) is 23.7 Å². The van der Waals surface area contributed by atoms with Gasteiger partial charge in [0.25, 0.3) is 0 Å². The number of carbonyl (C=O) groups excluding carboxylic acids is 2. The zero-order valence-corrected chi connectivity index (χ0v) is 21.3. The lowest BCUT2D eigenvalue weighted by molar-refractivity contribution is -0.149. The lowest BCUT2D eigenvalue weighted by Gasteiger charge is -2.38. The second-order valence-corrected chi connectivity index (χ2v) is 9.92. The first-order valence-electron chi connectivity index (χ1n) is 12.5. The van der Waals surface area contributed by atoms with Gasteiger partial charge in [-0.05, 0) is 43.0 Å². The second kappa shape index (κ2) is 11.8. The Hall–Kier alpha value is -3.96. The highest BCUT2D eigenvalue weighted by Crippen LogP contribution is 2.28. The predicted octanol–water partition coefficient (Wildman–Crippen LogP) is 3.21. The third-order valence-corrected chi connectivity index (χ3v) is 7.12. The van der Waals surface area contributed by atoms with Gasteiger partial charge in [0.1, 0.15) is 0 Å². The number of aromatic nitrogens is 2. The van der Waals surface area contributed by atoms with Gasteiger partial charge in [0.2, 0.25) is 5.91 Å². The number of methoxy groups -OCH3 is 1. The van der Waals surface area contributed by atoms with Crippen LogP contribution in [0, 0.1) is 23.2 Å². The maximum Gasteiger partial charge on any atom is 0.309 e. The summed E-state index contributed by atoms with van der Waals surface area (Å²) in [5, 5.41) is 12.4. The monoisotopic (exact) mass is 499 g/mol. The van der Waals surface area contributed by atoms with E-state index in [1.165, 1.54) is 12.7 Å². The van der Waals surface area contributed by atoms with Crippen molar-refractivity contribution in [3.63, 3.8) is 0 Å². The molecular weight excluding hydrogens is 466 g/mol. The predicted molar refractivity (Wildman–Crippen MR) is 139 cm³/mol. The van der Waals surface area contributed by atoms with Gasteiger partial charge in [-0.15, -0.1) is 0 Å². The number of carbonyl (C=O) groups is 2. The summed E-state index contributed by atoms with van der Waals surface area (Å²) in [6.07, 6.45) is 5.10. The van der Waals surface area contributed by atoms with Gasteiger partial charge in [-0.25, -0.2) is 4.98 Å². The minimum atomic E-state index is -0.755. The standard InChI is InChI=1S/C29H33N5O3/c1-29(26-17-31-20-32-26,15-22-8-10-23(16-30)11-9-22)33-27(35)24-14-25(28(36)37-2)19-34(18-24)13-12-21-6-4-3-5-7-21/h3-11,17,20,24-25H,12-15,18-19H2,1-2H3,(H,31,32)(H,33,35)/t24-,25+,29?/m0/s1. The van der Waals surface area contributed by atoms with E-state index in [1.807, 2.05) is 37.3 Å². The number of nitrogens with one attached hydrogen (secondary N) is 2. The Morgan fingerprint density at radius 3 is 2.51 bits per heavy atom. The highest BCUT2D eigenvalue weighted by molar-refractivity contribution is 5.81. The summed E-state index contributed by atoms with van der Waals surface area (Å²) in [4.78, 5) is 35.7. The van der Waals surface area contributed by atoms with E-state index in [2.05, 4.69) is 38.4 Å². The molecule has 4 rings (SSSR count). The van der Waals surface area contributed by atoms with Crippen molar-refractivity contribution in [1.29, 1.82) is 5.26 Å². The fourth-order valence-electron chi connectivity index (χ4n) is 5.08. The fraction of sp³-hybridized carbons (Fsp3) is 0.379. The number of amides is 1. The number of nitrogens with zero attached hydrogens (tertiary/aromatic N) is 3. The number of nitriles is 1. The van der Waals surface area contributed by atoms with Crippen LogP contribution in [0.2, 0.25) is 0 Å². The van der Waals surface area contributed by atoms with Gasteiger partial charge >= 0.3 is 5.97 Å². The lowest BCUT2D eigenvalue weighted by Crippen LogP contribution is -2.53. The van der Waals surface area contributed by atoms with E-state index in [0.29, 0.717) is 31.5 Å². The molecule has 2 N–H and O–H groups in total. The number of ether oxygens (including phenoxy) is 1. The van der Waals surface area contributed by atoms with Crippen molar-refractivity contribution in [2.75, 3.05) is 26.7 Å². The Kier molecular flexibility index (Phi) is 8.36. The number of likely N-dealkylation sites (tertiary alicyclic amines) is 1. The number of hydrogen-bond donors (Lipinski definition) is 2. The van der Waals surface area contributed by atoms with Crippen LogP contribution in [-0.4, -0.2) is 53.5 Å². The van der Waals surface area contributed by atoms with Crippen LogP contribution in [0.25, 0.3) is 0 Å². The molecule has 1 saturated heterocycles. The van der Waals surface area contributed by atoms with Gasteiger partial charge < -0.3 is 19.9 Å². The maximum atomic E-state index is 13.7. The molecule has 1 fully saturated rings. The van der Waals surface area contributed by atoms with Crippen LogP contribution in [0.15, 0.2) is 67.1 Å². The largest absolute Gasteiger partial charge is 0.469 e. The molecule has 2 aromatic carbocycles. The molecule has 0 bridgehead atoms. The van der Waals surface area contributed by atoms with E-state index in [1.54, 1.807) is 24.7 Å². The van der Waals surface area contributed by atoms with Crippen molar-refractivity contribution in [3.8, 4) is 6.07 Å². The van der Waals surface area contributed by atoms with Gasteiger partial charge in [-0.1, -0.05) is 42.5 Å². The summed E-state index contributed by atoms with van der Waals surface area (Å²) in [5.41, 5.74) is 2.82. The van der Waals surface area contributed by atoms with Crippen LogP contribution < -0.4 is 5.32 Å². The number of imidazole rings is 1. The SMILES string of the molecule is COC(=O)[C@@H]1C[C@H](C(=O)NC(C)(Cc2ccc(C#N)cc2)c2cnc[nH]2)CN(CCc2ccccc2)C1. The van der Waals surface area contributed by atoms with Crippen LogP contribution in [-0.2, 0) is 32.7 Å². The molecule has 1 aromatic heterocycles. The van der Waals surface area contributed by atoms with Crippen LogP contribution in [0.3, 0.4) is 0 Å². The van der Waals surface area contributed by atoms with Crippen molar-refractivity contribution in [1.82, 2.24) is 20.2 Å². The first kappa shape index (κ1) is 26.1. The molecule has 37 heavy (non-hydrogen) atoms. The maximum absolute atomic E-state index is 13.7. The van der Waals surface area contributed by atoms with Crippen molar-refractivity contribution in [3.05, 3.63) is 89.5 Å². The van der Waals surface area contributed by atoms with Gasteiger partial charge in [-0.2, -0.15) is 5.26 Å². The molecule has 0 aliphatic carbocycles.